The molecule has 0 bridgehead atoms. The average Bonchev–Trinajstić information content (AvgIpc) is 2.95. The van der Waals surface area contributed by atoms with Gasteiger partial charge in [-0.2, -0.15) is 0 Å². The van der Waals surface area contributed by atoms with E-state index < -0.39 is 5.92 Å². The monoisotopic (exact) mass is 395 g/mol. The third-order valence-electron chi connectivity index (χ3n) is 3.94. The van der Waals surface area contributed by atoms with Crippen molar-refractivity contribution in [1.82, 2.24) is 10.6 Å². The number of hydrogen-bond donors (Lipinski definition) is 2. The molecule has 1 aromatic rings. The highest BCUT2D eigenvalue weighted by atomic mass is 79.9. The summed E-state index contributed by atoms with van der Waals surface area (Å²) in [5.41, 5.74) is 1.82. The topological polar surface area (TPSA) is 78.5 Å². The number of nitrogens with zero attached hydrogens (tertiary/aromatic N) is 1. The first-order valence-electron chi connectivity index (χ1n) is 8.03. The standard InChI is InChI=1S/C17H22BrN3O3/c1-3-6-19-15(22)9-20-17(24)12-8-16(23)21(10-12)13-4-5-14(18)11(2)7-13/h4-5,7,12H,3,6,8-10H2,1-2H3,(H,19,22)(H,20,24)/t12-/m0/s1. The van der Waals surface area contributed by atoms with Gasteiger partial charge in [-0.3, -0.25) is 14.4 Å². The van der Waals surface area contributed by atoms with Crippen LogP contribution in [0.1, 0.15) is 25.3 Å². The number of hydrogen-bond acceptors (Lipinski definition) is 3. The Kier molecular flexibility index (Phi) is 6.36. The van der Waals surface area contributed by atoms with Crippen molar-refractivity contribution in [3.05, 3.63) is 28.2 Å². The molecule has 0 spiro atoms. The maximum absolute atomic E-state index is 12.2. The van der Waals surface area contributed by atoms with E-state index in [-0.39, 0.29) is 30.7 Å². The van der Waals surface area contributed by atoms with Gasteiger partial charge in [0.15, 0.2) is 0 Å². The van der Waals surface area contributed by atoms with E-state index in [9.17, 15) is 14.4 Å². The number of carbonyl (C=O) groups is 3. The molecule has 0 aromatic heterocycles. The van der Waals surface area contributed by atoms with Gasteiger partial charge in [-0.25, -0.2) is 0 Å². The minimum absolute atomic E-state index is 0.0546. The van der Waals surface area contributed by atoms with E-state index in [1.165, 1.54) is 0 Å². The largest absolute Gasteiger partial charge is 0.355 e. The lowest BCUT2D eigenvalue weighted by molar-refractivity contribution is -0.128. The minimum atomic E-state index is -0.430. The molecular weight excluding hydrogens is 374 g/mol. The van der Waals surface area contributed by atoms with Crippen LogP contribution in [0.5, 0.6) is 0 Å². The first-order chi connectivity index (χ1) is 11.4. The quantitative estimate of drug-likeness (QED) is 0.769. The predicted molar refractivity (Wildman–Crippen MR) is 95.6 cm³/mol. The zero-order chi connectivity index (χ0) is 17.7. The van der Waals surface area contributed by atoms with Gasteiger partial charge in [0.05, 0.1) is 12.5 Å². The van der Waals surface area contributed by atoms with E-state index in [1.807, 2.05) is 32.0 Å². The minimum Gasteiger partial charge on any atom is -0.355 e. The maximum atomic E-state index is 12.2. The summed E-state index contributed by atoms with van der Waals surface area (Å²) in [6, 6.07) is 5.66. The van der Waals surface area contributed by atoms with Crippen molar-refractivity contribution in [2.24, 2.45) is 5.92 Å². The second-order valence-corrected chi connectivity index (χ2v) is 6.76. The van der Waals surface area contributed by atoms with E-state index >= 15 is 0 Å². The number of carbonyl (C=O) groups excluding carboxylic acids is 3. The highest BCUT2D eigenvalue weighted by molar-refractivity contribution is 9.10. The molecule has 0 saturated carbocycles. The van der Waals surface area contributed by atoms with Crippen LogP contribution in [-0.4, -0.2) is 37.4 Å². The Morgan fingerprint density at radius 2 is 2.08 bits per heavy atom. The third kappa shape index (κ3) is 4.56. The van der Waals surface area contributed by atoms with Gasteiger partial charge >= 0.3 is 0 Å². The van der Waals surface area contributed by atoms with Crippen molar-refractivity contribution >= 4 is 39.3 Å². The van der Waals surface area contributed by atoms with E-state index in [1.54, 1.807) is 4.90 Å². The first kappa shape index (κ1) is 18.4. The summed E-state index contributed by atoms with van der Waals surface area (Å²) in [6.45, 7) is 4.78. The molecule has 1 atom stereocenters. The van der Waals surface area contributed by atoms with E-state index in [0.717, 1.165) is 22.1 Å². The number of anilines is 1. The molecule has 1 fully saturated rings. The Labute approximate surface area is 150 Å². The molecule has 2 N–H and O–H groups in total. The maximum Gasteiger partial charge on any atom is 0.239 e. The van der Waals surface area contributed by atoms with Crippen LogP contribution in [0.3, 0.4) is 0 Å². The average molecular weight is 396 g/mol. The fourth-order valence-corrected chi connectivity index (χ4v) is 2.81. The van der Waals surface area contributed by atoms with Gasteiger partial charge in [0, 0.05) is 29.7 Å². The highest BCUT2D eigenvalue weighted by Gasteiger charge is 2.35. The zero-order valence-corrected chi connectivity index (χ0v) is 15.5. The smallest absolute Gasteiger partial charge is 0.239 e. The Morgan fingerprint density at radius 1 is 1.33 bits per heavy atom. The van der Waals surface area contributed by atoms with Crippen LogP contribution in [0.25, 0.3) is 0 Å². The second-order valence-electron chi connectivity index (χ2n) is 5.91. The number of rotatable bonds is 6. The summed E-state index contributed by atoms with van der Waals surface area (Å²) in [6.07, 6.45) is 1.01. The zero-order valence-electron chi connectivity index (χ0n) is 13.9. The third-order valence-corrected chi connectivity index (χ3v) is 4.83. The molecule has 1 aromatic carbocycles. The van der Waals surface area contributed by atoms with Crippen LogP contribution in [0.15, 0.2) is 22.7 Å². The summed E-state index contributed by atoms with van der Waals surface area (Å²) in [4.78, 5) is 37.6. The van der Waals surface area contributed by atoms with Crippen molar-refractivity contribution in [3.8, 4) is 0 Å². The molecule has 7 heteroatoms. The lowest BCUT2D eigenvalue weighted by Gasteiger charge is -2.17. The van der Waals surface area contributed by atoms with E-state index in [4.69, 9.17) is 0 Å². The highest BCUT2D eigenvalue weighted by Crippen LogP contribution is 2.28. The van der Waals surface area contributed by atoms with Crippen molar-refractivity contribution in [3.63, 3.8) is 0 Å². The van der Waals surface area contributed by atoms with Gasteiger partial charge in [0.1, 0.15) is 0 Å². The van der Waals surface area contributed by atoms with Gasteiger partial charge in [0.2, 0.25) is 17.7 Å². The Balaban J connectivity index is 1.92. The second kappa shape index (κ2) is 8.28. The molecule has 1 aliphatic heterocycles. The molecule has 24 heavy (non-hydrogen) atoms. The summed E-state index contributed by atoms with van der Waals surface area (Å²) >= 11 is 3.43. The van der Waals surface area contributed by atoms with E-state index in [2.05, 4.69) is 26.6 Å². The molecule has 130 valence electrons. The molecule has 2 rings (SSSR count). The summed E-state index contributed by atoms with van der Waals surface area (Å²) in [5.74, 6) is -0.978. The van der Waals surface area contributed by atoms with Crippen molar-refractivity contribution in [2.45, 2.75) is 26.7 Å². The lowest BCUT2D eigenvalue weighted by atomic mass is 10.1. The van der Waals surface area contributed by atoms with Crippen LogP contribution in [0.2, 0.25) is 0 Å². The van der Waals surface area contributed by atoms with Crippen LogP contribution >= 0.6 is 15.9 Å². The molecule has 3 amide bonds. The fraction of sp³-hybridized carbons (Fsp3) is 0.471. The molecule has 6 nitrogen and oxygen atoms in total. The number of benzene rings is 1. The number of amides is 3. The van der Waals surface area contributed by atoms with Crippen LogP contribution in [0, 0.1) is 12.8 Å². The molecule has 1 saturated heterocycles. The lowest BCUT2D eigenvalue weighted by Crippen LogP contribution is -2.40. The van der Waals surface area contributed by atoms with Gasteiger partial charge in [0.25, 0.3) is 0 Å². The van der Waals surface area contributed by atoms with Crippen molar-refractivity contribution in [2.75, 3.05) is 24.5 Å². The molecule has 1 aliphatic rings. The molecule has 0 aliphatic carbocycles. The van der Waals surface area contributed by atoms with Gasteiger partial charge in [-0.15, -0.1) is 0 Å². The number of aryl methyl sites for hydroxylation is 1. The van der Waals surface area contributed by atoms with Crippen molar-refractivity contribution in [1.29, 1.82) is 0 Å². The molecule has 0 radical (unpaired) electrons. The Morgan fingerprint density at radius 3 is 2.75 bits per heavy atom. The van der Waals surface area contributed by atoms with Gasteiger partial charge in [-0.1, -0.05) is 22.9 Å². The van der Waals surface area contributed by atoms with Crippen molar-refractivity contribution < 1.29 is 14.4 Å². The molecule has 0 unspecified atom stereocenters. The SMILES string of the molecule is CCCNC(=O)CNC(=O)[C@H]1CC(=O)N(c2ccc(Br)c(C)c2)C1. The fourth-order valence-electron chi connectivity index (χ4n) is 2.57. The molecule has 1 heterocycles. The predicted octanol–water partition coefficient (Wildman–Crippen LogP) is 1.75. The molecular formula is C17H22BrN3O3. The first-order valence-corrected chi connectivity index (χ1v) is 8.82. The van der Waals surface area contributed by atoms with E-state index in [0.29, 0.717) is 13.1 Å². The van der Waals surface area contributed by atoms with Gasteiger partial charge in [-0.05, 0) is 37.1 Å². The summed E-state index contributed by atoms with van der Waals surface area (Å²) in [5, 5.41) is 5.31. The summed E-state index contributed by atoms with van der Waals surface area (Å²) < 4.78 is 0.977. The van der Waals surface area contributed by atoms with Crippen LogP contribution in [-0.2, 0) is 14.4 Å². The summed E-state index contributed by atoms with van der Waals surface area (Å²) in [7, 11) is 0. The Hall–Kier alpha value is -1.89. The van der Waals surface area contributed by atoms with Crippen LogP contribution < -0.4 is 15.5 Å². The number of nitrogens with one attached hydrogen (secondary N) is 2. The van der Waals surface area contributed by atoms with Crippen LogP contribution in [0.4, 0.5) is 5.69 Å². The normalized spacial score (nSPS) is 17.0. The van der Waals surface area contributed by atoms with Gasteiger partial charge < -0.3 is 15.5 Å². The number of halogens is 1. The Bertz CT molecular complexity index is 648.